The van der Waals surface area contributed by atoms with Gasteiger partial charge in [-0.05, 0) is 31.1 Å². The van der Waals surface area contributed by atoms with E-state index in [1.54, 1.807) is 0 Å². The van der Waals surface area contributed by atoms with Gasteiger partial charge in [-0.1, -0.05) is 12.8 Å². The fourth-order valence-electron chi connectivity index (χ4n) is 2.95. The maximum atomic E-state index is 2.71. The van der Waals surface area contributed by atoms with Crippen LogP contribution in [0.25, 0.3) is 0 Å². The molecule has 62 valence electrons. The monoisotopic (exact) mass is 151 g/mol. The van der Waals surface area contributed by atoms with Crippen LogP contribution in [-0.2, 0) is 0 Å². The Balaban J connectivity index is 1.60. The molecule has 0 unspecified atom stereocenters. The number of likely N-dealkylation sites (tertiary alicyclic amines) is 1. The summed E-state index contributed by atoms with van der Waals surface area (Å²) in [6.07, 6.45) is 9.09. The van der Waals surface area contributed by atoms with E-state index in [9.17, 15) is 0 Å². The van der Waals surface area contributed by atoms with Gasteiger partial charge in [0.15, 0.2) is 0 Å². The second kappa shape index (κ2) is 2.01. The Morgan fingerprint density at radius 2 is 1.64 bits per heavy atom. The van der Waals surface area contributed by atoms with E-state index < -0.39 is 0 Å². The van der Waals surface area contributed by atoms with E-state index in [1.165, 1.54) is 51.6 Å². The fraction of sp³-hybridized carbons (Fsp3) is 1.00. The third-order valence-corrected chi connectivity index (χ3v) is 3.80. The normalized spacial score (nSPS) is 36.0. The van der Waals surface area contributed by atoms with Crippen LogP contribution in [0.3, 0.4) is 0 Å². The van der Waals surface area contributed by atoms with Crippen molar-refractivity contribution >= 4 is 0 Å². The number of rotatable bonds is 1. The maximum absolute atomic E-state index is 2.71. The summed E-state index contributed by atoms with van der Waals surface area (Å²) >= 11 is 0. The summed E-state index contributed by atoms with van der Waals surface area (Å²) in [6, 6.07) is 1.03. The molecule has 3 aliphatic rings. The lowest BCUT2D eigenvalue weighted by atomic mass is 9.78. The van der Waals surface area contributed by atoms with Crippen molar-refractivity contribution in [3.63, 3.8) is 0 Å². The Hall–Kier alpha value is -0.0400. The Morgan fingerprint density at radius 1 is 1.00 bits per heavy atom. The lowest BCUT2D eigenvalue weighted by Crippen LogP contribution is -2.55. The molecule has 1 heteroatoms. The van der Waals surface area contributed by atoms with E-state index in [0.717, 1.165) is 11.5 Å². The summed E-state index contributed by atoms with van der Waals surface area (Å²) in [5.41, 5.74) is 0.836. The molecule has 0 bridgehead atoms. The van der Waals surface area contributed by atoms with Crippen molar-refractivity contribution in [2.45, 2.75) is 44.6 Å². The van der Waals surface area contributed by atoms with E-state index in [2.05, 4.69) is 4.90 Å². The van der Waals surface area contributed by atoms with Crippen LogP contribution in [0.15, 0.2) is 0 Å². The second-order valence-corrected chi connectivity index (χ2v) is 4.84. The molecule has 11 heavy (non-hydrogen) atoms. The van der Waals surface area contributed by atoms with Crippen LogP contribution < -0.4 is 0 Å². The van der Waals surface area contributed by atoms with Crippen LogP contribution in [0.2, 0.25) is 0 Å². The van der Waals surface area contributed by atoms with Crippen molar-refractivity contribution < 1.29 is 0 Å². The molecule has 0 N–H and O–H groups in total. The van der Waals surface area contributed by atoms with Crippen molar-refractivity contribution in [2.75, 3.05) is 13.1 Å². The highest BCUT2D eigenvalue weighted by Crippen LogP contribution is 2.48. The zero-order valence-electron chi connectivity index (χ0n) is 7.18. The zero-order chi connectivity index (χ0) is 7.31. The number of nitrogens with zero attached hydrogens (tertiary/aromatic N) is 1. The molecule has 2 saturated carbocycles. The Bertz CT molecular complexity index is 158. The van der Waals surface area contributed by atoms with Gasteiger partial charge in [-0.3, -0.25) is 4.90 Å². The first-order valence-corrected chi connectivity index (χ1v) is 5.12. The van der Waals surface area contributed by atoms with E-state index in [4.69, 9.17) is 0 Å². The predicted octanol–water partition coefficient (Wildman–Crippen LogP) is 2.02. The SMILES string of the molecule is C1CCC2(C1)CN(C1CC1)C2. The first kappa shape index (κ1) is 6.47. The van der Waals surface area contributed by atoms with Crippen LogP contribution in [0, 0.1) is 5.41 Å². The lowest BCUT2D eigenvalue weighted by Gasteiger charge is -2.48. The third-order valence-electron chi connectivity index (χ3n) is 3.80. The van der Waals surface area contributed by atoms with Gasteiger partial charge in [0, 0.05) is 19.1 Å². The van der Waals surface area contributed by atoms with Gasteiger partial charge in [0.2, 0.25) is 0 Å². The number of hydrogen-bond acceptors (Lipinski definition) is 1. The van der Waals surface area contributed by atoms with Gasteiger partial charge in [0.05, 0.1) is 0 Å². The average Bonchev–Trinajstić information content (AvgIpc) is 2.64. The van der Waals surface area contributed by atoms with E-state index in [1.807, 2.05) is 0 Å². The topological polar surface area (TPSA) is 3.24 Å². The van der Waals surface area contributed by atoms with Crippen molar-refractivity contribution in [3.05, 3.63) is 0 Å². The molecule has 1 heterocycles. The van der Waals surface area contributed by atoms with Crippen LogP contribution in [0.4, 0.5) is 0 Å². The minimum absolute atomic E-state index is 0.836. The van der Waals surface area contributed by atoms with Gasteiger partial charge in [-0.25, -0.2) is 0 Å². The van der Waals surface area contributed by atoms with Gasteiger partial charge in [-0.15, -0.1) is 0 Å². The molecule has 0 aromatic carbocycles. The van der Waals surface area contributed by atoms with Crippen molar-refractivity contribution in [3.8, 4) is 0 Å². The van der Waals surface area contributed by atoms with Crippen LogP contribution >= 0.6 is 0 Å². The smallest absolute Gasteiger partial charge is 0.00969 e. The van der Waals surface area contributed by atoms with Crippen LogP contribution in [0.5, 0.6) is 0 Å². The molecule has 0 amide bonds. The quantitative estimate of drug-likeness (QED) is 0.554. The maximum Gasteiger partial charge on any atom is 0.00969 e. The summed E-state index contributed by atoms with van der Waals surface area (Å²) < 4.78 is 0. The van der Waals surface area contributed by atoms with E-state index >= 15 is 0 Å². The molecule has 1 nitrogen and oxygen atoms in total. The van der Waals surface area contributed by atoms with Gasteiger partial charge in [0.1, 0.15) is 0 Å². The molecule has 0 atom stereocenters. The van der Waals surface area contributed by atoms with Crippen LogP contribution in [0.1, 0.15) is 38.5 Å². The molecular weight excluding hydrogens is 134 g/mol. The molecule has 2 aliphatic carbocycles. The average molecular weight is 151 g/mol. The first-order chi connectivity index (χ1) is 5.38. The molecule has 1 aliphatic heterocycles. The highest BCUT2D eigenvalue weighted by Gasteiger charge is 2.48. The minimum Gasteiger partial charge on any atom is -0.299 e. The zero-order valence-corrected chi connectivity index (χ0v) is 7.18. The summed E-state index contributed by atoms with van der Waals surface area (Å²) in [5, 5.41) is 0. The van der Waals surface area contributed by atoms with E-state index in [0.29, 0.717) is 0 Å². The first-order valence-electron chi connectivity index (χ1n) is 5.12. The molecule has 3 fully saturated rings. The van der Waals surface area contributed by atoms with Crippen molar-refractivity contribution in [2.24, 2.45) is 5.41 Å². The summed E-state index contributed by atoms with van der Waals surface area (Å²) in [7, 11) is 0. The molecule has 0 radical (unpaired) electrons. The molecule has 1 saturated heterocycles. The summed E-state index contributed by atoms with van der Waals surface area (Å²) in [5.74, 6) is 0. The predicted molar refractivity (Wildman–Crippen MR) is 45.5 cm³/mol. The summed E-state index contributed by atoms with van der Waals surface area (Å²) in [6.45, 7) is 2.91. The molecule has 3 rings (SSSR count). The van der Waals surface area contributed by atoms with Gasteiger partial charge in [0.25, 0.3) is 0 Å². The van der Waals surface area contributed by atoms with E-state index in [-0.39, 0.29) is 0 Å². The Kier molecular flexibility index (Phi) is 1.18. The Morgan fingerprint density at radius 3 is 2.18 bits per heavy atom. The molecule has 0 aromatic rings. The minimum atomic E-state index is 0.836. The van der Waals surface area contributed by atoms with Crippen LogP contribution in [-0.4, -0.2) is 24.0 Å². The number of hydrogen-bond donors (Lipinski definition) is 0. The highest BCUT2D eigenvalue weighted by molar-refractivity contribution is 5.02. The van der Waals surface area contributed by atoms with Gasteiger partial charge in [-0.2, -0.15) is 0 Å². The van der Waals surface area contributed by atoms with Crippen molar-refractivity contribution in [1.29, 1.82) is 0 Å². The largest absolute Gasteiger partial charge is 0.299 e. The fourth-order valence-corrected chi connectivity index (χ4v) is 2.95. The standard InChI is InChI=1S/C10H17N/c1-2-6-10(5-1)7-11(8-10)9-3-4-9/h9H,1-8H2. The van der Waals surface area contributed by atoms with Gasteiger partial charge >= 0.3 is 0 Å². The van der Waals surface area contributed by atoms with Crippen molar-refractivity contribution in [1.82, 2.24) is 4.90 Å². The second-order valence-electron chi connectivity index (χ2n) is 4.84. The Labute approximate surface area is 68.8 Å². The lowest BCUT2D eigenvalue weighted by molar-refractivity contribution is -0.000493. The third kappa shape index (κ3) is 0.936. The molecular formula is C10H17N. The van der Waals surface area contributed by atoms with Gasteiger partial charge < -0.3 is 0 Å². The molecule has 1 spiro atoms. The molecule has 0 aromatic heterocycles. The highest BCUT2D eigenvalue weighted by atomic mass is 15.3. The summed E-state index contributed by atoms with van der Waals surface area (Å²) in [4.78, 5) is 2.71.